The molecule has 0 bridgehead atoms. The molecule has 0 atom stereocenters. The van der Waals surface area contributed by atoms with Crippen molar-refractivity contribution in [1.82, 2.24) is 10.2 Å². The van der Waals surface area contributed by atoms with Gasteiger partial charge in [0.2, 0.25) is 5.91 Å². The summed E-state index contributed by atoms with van der Waals surface area (Å²) in [5.41, 5.74) is 0. The Labute approximate surface area is 80.2 Å². The smallest absolute Gasteiger partial charge is 0.217 e. The number of nitrogens with one attached hydrogen (secondary N) is 1. The van der Waals surface area contributed by atoms with Gasteiger partial charge in [-0.25, -0.2) is 0 Å². The zero-order valence-corrected chi connectivity index (χ0v) is 8.80. The fraction of sp³-hybridized carbons (Fsp3) is 0.889. The van der Waals surface area contributed by atoms with E-state index in [0.717, 1.165) is 26.3 Å². The molecule has 1 N–H and O–H groups in total. The fourth-order valence-corrected chi connectivity index (χ4v) is 0.982. The van der Waals surface area contributed by atoms with Crippen molar-refractivity contribution in [3.8, 4) is 0 Å². The molecule has 0 spiro atoms. The average molecular weight is 188 g/mol. The van der Waals surface area contributed by atoms with Crippen molar-refractivity contribution >= 4 is 5.91 Å². The molecule has 1 aliphatic rings. The molecule has 0 aromatic carbocycles. The molecule has 78 valence electrons. The Morgan fingerprint density at radius 2 is 1.92 bits per heavy atom. The predicted molar refractivity (Wildman–Crippen MR) is 52.4 cm³/mol. The van der Waals surface area contributed by atoms with Crippen molar-refractivity contribution < 1.29 is 9.53 Å². The number of morpholine rings is 1. The number of hydrogen-bond donors (Lipinski definition) is 1. The minimum atomic E-state index is 0.0245. The van der Waals surface area contributed by atoms with E-state index in [-0.39, 0.29) is 5.91 Å². The first-order valence-electron chi connectivity index (χ1n) is 4.83. The molecule has 1 saturated heterocycles. The molecule has 1 rings (SSSR count). The van der Waals surface area contributed by atoms with E-state index in [0.29, 0.717) is 6.67 Å². The molecular weight excluding hydrogens is 168 g/mol. The largest absolute Gasteiger partial charge is 0.379 e. The van der Waals surface area contributed by atoms with E-state index in [1.165, 1.54) is 6.92 Å². The van der Waals surface area contributed by atoms with E-state index in [4.69, 9.17) is 4.74 Å². The number of carbonyl (C=O) groups is 1. The Bertz CT molecular complexity index is 134. The van der Waals surface area contributed by atoms with Gasteiger partial charge < -0.3 is 10.1 Å². The van der Waals surface area contributed by atoms with E-state index in [1.54, 1.807) is 0 Å². The number of hydrogen-bond acceptors (Lipinski definition) is 3. The van der Waals surface area contributed by atoms with Crippen LogP contribution in [0.5, 0.6) is 0 Å². The van der Waals surface area contributed by atoms with Gasteiger partial charge in [0.1, 0.15) is 0 Å². The molecule has 0 saturated carbocycles. The van der Waals surface area contributed by atoms with Crippen molar-refractivity contribution in [2.75, 3.05) is 33.0 Å². The Hall–Kier alpha value is -0.610. The summed E-state index contributed by atoms with van der Waals surface area (Å²) in [5, 5.41) is 2.75. The molecule has 1 aliphatic heterocycles. The first-order chi connectivity index (χ1) is 6.29. The van der Waals surface area contributed by atoms with Crippen molar-refractivity contribution in [1.29, 1.82) is 0 Å². The molecular formula is C9H20N2O2. The molecule has 1 fully saturated rings. The molecule has 0 aliphatic carbocycles. The van der Waals surface area contributed by atoms with E-state index in [9.17, 15) is 4.79 Å². The van der Waals surface area contributed by atoms with Crippen LogP contribution in [-0.2, 0) is 9.53 Å². The first kappa shape index (κ1) is 12.4. The van der Waals surface area contributed by atoms with Crippen LogP contribution in [0.1, 0.15) is 20.8 Å². The topological polar surface area (TPSA) is 41.6 Å². The van der Waals surface area contributed by atoms with Gasteiger partial charge in [0, 0.05) is 20.0 Å². The van der Waals surface area contributed by atoms with Crippen LogP contribution in [0.2, 0.25) is 0 Å². The van der Waals surface area contributed by atoms with Crippen LogP contribution < -0.4 is 5.32 Å². The lowest BCUT2D eigenvalue weighted by atomic mass is 10.4. The highest BCUT2D eigenvalue weighted by Gasteiger charge is 2.09. The van der Waals surface area contributed by atoms with Gasteiger partial charge in [0.05, 0.1) is 19.9 Å². The van der Waals surface area contributed by atoms with E-state index in [1.807, 2.05) is 13.8 Å². The van der Waals surface area contributed by atoms with E-state index >= 15 is 0 Å². The van der Waals surface area contributed by atoms with Gasteiger partial charge >= 0.3 is 0 Å². The molecule has 0 radical (unpaired) electrons. The SMILES string of the molecule is CC.CC(=O)NCN1CCOCC1. The van der Waals surface area contributed by atoms with Crippen molar-refractivity contribution in [3.63, 3.8) is 0 Å². The van der Waals surface area contributed by atoms with Gasteiger partial charge in [-0.3, -0.25) is 9.69 Å². The number of ether oxygens (including phenoxy) is 1. The fourth-order valence-electron chi connectivity index (χ4n) is 0.982. The summed E-state index contributed by atoms with van der Waals surface area (Å²) in [6, 6.07) is 0. The zero-order valence-electron chi connectivity index (χ0n) is 8.80. The summed E-state index contributed by atoms with van der Waals surface area (Å²) in [6.07, 6.45) is 0. The second-order valence-electron chi connectivity index (χ2n) is 2.62. The minimum Gasteiger partial charge on any atom is -0.379 e. The highest BCUT2D eigenvalue weighted by atomic mass is 16.5. The molecule has 4 nitrogen and oxygen atoms in total. The third-order valence-corrected chi connectivity index (χ3v) is 1.66. The molecule has 0 aromatic heterocycles. The van der Waals surface area contributed by atoms with Crippen LogP contribution >= 0.6 is 0 Å². The van der Waals surface area contributed by atoms with E-state index in [2.05, 4.69) is 10.2 Å². The number of carbonyl (C=O) groups excluding carboxylic acids is 1. The standard InChI is InChI=1S/C7H14N2O2.C2H6/c1-7(10)8-6-9-2-4-11-5-3-9;1-2/h2-6H2,1H3,(H,8,10);1-2H3. The maximum absolute atomic E-state index is 10.5. The van der Waals surface area contributed by atoms with Gasteiger partial charge in [0.15, 0.2) is 0 Å². The third kappa shape index (κ3) is 6.54. The molecule has 1 heterocycles. The summed E-state index contributed by atoms with van der Waals surface area (Å²) in [6.45, 7) is 9.57. The number of nitrogens with zero attached hydrogens (tertiary/aromatic N) is 1. The summed E-state index contributed by atoms with van der Waals surface area (Å²) < 4.78 is 5.15. The molecule has 1 amide bonds. The second-order valence-corrected chi connectivity index (χ2v) is 2.62. The van der Waals surface area contributed by atoms with Crippen molar-refractivity contribution in [2.45, 2.75) is 20.8 Å². The lowest BCUT2D eigenvalue weighted by Gasteiger charge is -2.26. The normalized spacial score (nSPS) is 17.2. The number of amides is 1. The highest BCUT2D eigenvalue weighted by molar-refractivity contribution is 5.72. The Balaban J connectivity index is 0.000000671. The minimum absolute atomic E-state index is 0.0245. The summed E-state index contributed by atoms with van der Waals surface area (Å²) in [7, 11) is 0. The molecule has 4 heteroatoms. The highest BCUT2D eigenvalue weighted by Crippen LogP contribution is 1.93. The van der Waals surface area contributed by atoms with Crippen LogP contribution in [0.4, 0.5) is 0 Å². The third-order valence-electron chi connectivity index (χ3n) is 1.66. The van der Waals surface area contributed by atoms with E-state index < -0.39 is 0 Å². The summed E-state index contributed by atoms with van der Waals surface area (Å²) in [5.74, 6) is 0.0245. The molecule has 13 heavy (non-hydrogen) atoms. The summed E-state index contributed by atoms with van der Waals surface area (Å²) in [4.78, 5) is 12.7. The Morgan fingerprint density at radius 1 is 1.38 bits per heavy atom. The van der Waals surface area contributed by atoms with Crippen LogP contribution in [0.25, 0.3) is 0 Å². The van der Waals surface area contributed by atoms with Crippen LogP contribution in [0, 0.1) is 0 Å². The first-order valence-corrected chi connectivity index (χ1v) is 4.83. The van der Waals surface area contributed by atoms with Gasteiger partial charge in [0.25, 0.3) is 0 Å². The maximum Gasteiger partial charge on any atom is 0.217 e. The Morgan fingerprint density at radius 3 is 2.38 bits per heavy atom. The van der Waals surface area contributed by atoms with Gasteiger partial charge in [-0.1, -0.05) is 13.8 Å². The maximum atomic E-state index is 10.5. The van der Waals surface area contributed by atoms with Gasteiger partial charge in [-0.05, 0) is 0 Å². The number of rotatable bonds is 2. The van der Waals surface area contributed by atoms with Crippen molar-refractivity contribution in [3.05, 3.63) is 0 Å². The van der Waals surface area contributed by atoms with Gasteiger partial charge in [-0.15, -0.1) is 0 Å². The lowest BCUT2D eigenvalue weighted by Crippen LogP contribution is -2.43. The van der Waals surface area contributed by atoms with Crippen LogP contribution in [-0.4, -0.2) is 43.8 Å². The lowest BCUT2D eigenvalue weighted by molar-refractivity contribution is -0.120. The zero-order chi connectivity index (χ0) is 10.1. The van der Waals surface area contributed by atoms with Gasteiger partial charge in [-0.2, -0.15) is 0 Å². The predicted octanol–water partition coefficient (Wildman–Crippen LogP) is 0.438. The van der Waals surface area contributed by atoms with Crippen molar-refractivity contribution in [2.24, 2.45) is 0 Å². The molecule has 0 aromatic rings. The van der Waals surface area contributed by atoms with Crippen LogP contribution in [0.3, 0.4) is 0 Å². The van der Waals surface area contributed by atoms with Crippen LogP contribution in [0.15, 0.2) is 0 Å². The monoisotopic (exact) mass is 188 g/mol. The Kier molecular flexibility index (Phi) is 7.63. The average Bonchev–Trinajstić information content (AvgIpc) is 2.19. The quantitative estimate of drug-likeness (QED) is 0.683. The molecule has 0 unspecified atom stereocenters. The summed E-state index contributed by atoms with van der Waals surface area (Å²) >= 11 is 0. The second kappa shape index (κ2) is 8.01.